The average Bonchev–Trinajstić information content (AvgIpc) is 2.23. The molecule has 0 saturated heterocycles. The molecule has 0 saturated carbocycles. The molecule has 2 N–H and O–H groups in total. The molecule has 0 spiro atoms. The zero-order chi connectivity index (χ0) is 13.0. The first-order valence-corrected chi connectivity index (χ1v) is 5.43. The number of amides is 1. The summed E-state index contributed by atoms with van der Waals surface area (Å²) in [6.07, 6.45) is 0. The van der Waals surface area contributed by atoms with Gasteiger partial charge in [0.05, 0.1) is 10.7 Å². The number of hydrogen-bond donors (Lipinski definition) is 2. The number of rotatable bonds is 4. The lowest BCUT2D eigenvalue weighted by Crippen LogP contribution is -2.29. The fourth-order valence-corrected chi connectivity index (χ4v) is 1.55. The molecule has 0 heterocycles. The van der Waals surface area contributed by atoms with Crippen molar-refractivity contribution in [2.75, 3.05) is 18.9 Å². The van der Waals surface area contributed by atoms with Crippen LogP contribution in [0.5, 0.6) is 0 Å². The molecule has 1 rings (SSSR count). The Morgan fingerprint density at radius 3 is 2.65 bits per heavy atom. The molecular formula is C11H13ClF2N2O. The van der Waals surface area contributed by atoms with Gasteiger partial charge in [0.25, 0.3) is 0 Å². The molecule has 6 heteroatoms. The van der Waals surface area contributed by atoms with Crippen LogP contribution in [0.15, 0.2) is 12.1 Å². The fraction of sp³-hybridized carbons (Fsp3) is 0.364. The van der Waals surface area contributed by atoms with Crippen LogP contribution in [0.25, 0.3) is 0 Å². The largest absolute Gasteiger partial charge is 0.322 e. The van der Waals surface area contributed by atoms with E-state index in [0.717, 1.165) is 6.07 Å². The van der Waals surface area contributed by atoms with E-state index in [2.05, 4.69) is 10.6 Å². The molecule has 1 atom stereocenters. The van der Waals surface area contributed by atoms with E-state index in [-0.39, 0.29) is 22.5 Å². The van der Waals surface area contributed by atoms with Crippen molar-refractivity contribution in [3.8, 4) is 0 Å². The Kier molecular flexibility index (Phi) is 4.84. The molecule has 1 amide bonds. The highest BCUT2D eigenvalue weighted by molar-refractivity contribution is 6.33. The molecule has 1 aromatic carbocycles. The normalized spacial score (nSPS) is 12.3. The molecule has 0 aliphatic rings. The van der Waals surface area contributed by atoms with Crippen LogP contribution >= 0.6 is 11.6 Å². The van der Waals surface area contributed by atoms with Gasteiger partial charge in [0.1, 0.15) is 5.82 Å². The maximum Gasteiger partial charge on any atom is 0.228 e. The van der Waals surface area contributed by atoms with Crippen LogP contribution in [0.2, 0.25) is 5.02 Å². The Morgan fingerprint density at radius 1 is 1.47 bits per heavy atom. The van der Waals surface area contributed by atoms with Crippen LogP contribution in [0.3, 0.4) is 0 Å². The van der Waals surface area contributed by atoms with Crippen LogP contribution in [0.4, 0.5) is 14.5 Å². The summed E-state index contributed by atoms with van der Waals surface area (Å²) in [6.45, 7) is 2.13. The summed E-state index contributed by atoms with van der Waals surface area (Å²) in [5.41, 5.74) is -0.194. The van der Waals surface area contributed by atoms with Gasteiger partial charge in [-0.3, -0.25) is 4.79 Å². The van der Waals surface area contributed by atoms with Gasteiger partial charge in [0.15, 0.2) is 5.82 Å². The number of benzene rings is 1. The molecule has 1 unspecified atom stereocenters. The maximum absolute atomic E-state index is 13.4. The maximum atomic E-state index is 13.4. The van der Waals surface area contributed by atoms with E-state index < -0.39 is 11.6 Å². The lowest BCUT2D eigenvalue weighted by atomic mass is 10.1. The van der Waals surface area contributed by atoms with E-state index in [1.54, 1.807) is 14.0 Å². The quantitative estimate of drug-likeness (QED) is 0.875. The SMILES string of the molecule is CNCC(C)C(=O)Nc1c(F)cc(F)cc1Cl. The average molecular weight is 263 g/mol. The summed E-state index contributed by atoms with van der Waals surface area (Å²) >= 11 is 5.65. The highest BCUT2D eigenvalue weighted by atomic mass is 35.5. The van der Waals surface area contributed by atoms with E-state index in [1.807, 2.05) is 0 Å². The second kappa shape index (κ2) is 5.93. The summed E-state index contributed by atoms with van der Waals surface area (Å²) in [5, 5.41) is 5.00. The lowest BCUT2D eigenvalue weighted by Gasteiger charge is -2.13. The standard InChI is InChI=1S/C11H13ClF2N2O/c1-6(5-15-2)11(17)16-10-8(12)3-7(13)4-9(10)14/h3-4,6,15H,5H2,1-2H3,(H,16,17). The second-order valence-electron chi connectivity index (χ2n) is 3.69. The molecule has 0 aromatic heterocycles. The Morgan fingerprint density at radius 2 is 2.12 bits per heavy atom. The Labute approximate surface area is 103 Å². The summed E-state index contributed by atoms with van der Waals surface area (Å²) in [4.78, 5) is 11.6. The minimum atomic E-state index is -0.889. The summed E-state index contributed by atoms with van der Waals surface area (Å²) in [7, 11) is 1.70. The molecule has 1 aromatic rings. The molecule has 3 nitrogen and oxygen atoms in total. The van der Waals surface area contributed by atoms with E-state index in [0.29, 0.717) is 12.6 Å². The second-order valence-corrected chi connectivity index (χ2v) is 4.10. The van der Waals surface area contributed by atoms with Gasteiger partial charge in [-0.2, -0.15) is 0 Å². The monoisotopic (exact) mass is 262 g/mol. The zero-order valence-corrected chi connectivity index (χ0v) is 10.2. The number of anilines is 1. The van der Waals surface area contributed by atoms with Gasteiger partial charge >= 0.3 is 0 Å². The molecular weight excluding hydrogens is 250 g/mol. The van der Waals surface area contributed by atoms with Crippen LogP contribution in [0, 0.1) is 17.6 Å². The third-order valence-corrected chi connectivity index (χ3v) is 2.51. The van der Waals surface area contributed by atoms with E-state index in [1.165, 1.54) is 0 Å². The zero-order valence-electron chi connectivity index (χ0n) is 9.48. The van der Waals surface area contributed by atoms with Crippen molar-refractivity contribution < 1.29 is 13.6 Å². The van der Waals surface area contributed by atoms with Crippen molar-refractivity contribution in [1.82, 2.24) is 5.32 Å². The van der Waals surface area contributed by atoms with E-state index in [9.17, 15) is 13.6 Å². The van der Waals surface area contributed by atoms with Crippen molar-refractivity contribution >= 4 is 23.2 Å². The highest BCUT2D eigenvalue weighted by Gasteiger charge is 2.17. The molecule has 0 radical (unpaired) electrons. The fourth-order valence-electron chi connectivity index (χ4n) is 1.31. The van der Waals surface area contributed by atoms with Crippen LogP contribution in [0.1, 0.15) is 6.92 Å². The van der Waals surface area contributed by atoms with Crippen molar-refractivity contribution in [3.05, 3.63) is 28.8 Å². The van der Waals surface area contributed by atoms with Gasteiger partial charge < -0.3 is 10.6 Å². The summed E-state index contributed by atoms with van der Waals surface area (Å²) < 4.78 is 26.1. The molecule has 0 aliphatic heterocycles. The van der Waals surface area contributed by atoms with Crippen LogP contribution < -0.4 is 10.6 Å². The number of halogens is 3. The van der Waals surface area contributed by atoms with Crippen LogP contribution in [-0.4, -0.2) is 19.5 Å². The minimum absolute atomic E-state index is 0.160. The molecule has 0 bridgehead atoms. The van der Waals surface area contributed by atoms with Crippen molar-refractivity contribution in [3.63, 3.8) is 0 Å². The van der Waals surface area contributed by atoms with E-state index in [4.69, 9.17) is 11.6 Å². The Hall–Kier alpha value is -1.20. The van der Waals surface area contributed by atoms with Crippen molar-refractivity contribution in [1.29, 1.82) is 0 Å². The molecule has 17 heavy (non-hydrogen) atoms. The predicted molar refractivity (Wildman–Crippen MR) is 63.1 cm³/mol. The van der Waals surface area contributed by atoms with Gasteiger partial charge in [-0.05, 0) is 13.1 Å². The van der Waals surface area contributed by atoms with E-state index >= 15 is 0 Å². The first-order valence-electron chi connectivity index (χ1n) is 5.05. The van der Waals surface area contributed by atoms with Crippen LogP contribution in [-0.2, 0) is 4.79 Å². The predicted octanol–water partition coefficient (Wildman–Crippen LogP) is 2.41. The van der Waals surface area contributed by atoms with Gasteiger partial charge in [-0.1, -0.05) is 18.5 Å². The van der Waals surface area contributed by atoms with Gasteiger partial charge in [-0.25, -0.2) is 8.78 Å². The Bertz CT molecular complexity index is 403. The first-order chi connectivity index (χ1) is 7.95. The first kappa shape index (κ1) is 13.9. The number of nitrogens with one attached hydrogen (secondary N) is 2. The molecule has 0 aliphatic carbocycles. The smallest absolute Gasteiger partial charge is 0.228 e. The lowest BCUT2D eigenvalue weighted by molar-refractivity contribution is -0.119. The summed E-state index contributed by atoms with van der Waals surface area (Å²) in [5.74, 6) is -2.40. The van der Waals surface area contributed by atoms with Crippen molar-refractivity contribution in [2.24, 2.45) is 5.92 Å². The topological polar surface area (TPSA) is 41.1 Å². The summed E-state index contributed by atoms with van der Waals surface area (Å²) in [6, 6.07) is 1.62. The molecule has 0 fully saturated rings. The third-order valence-electron chi connectivity index (χ3n) is 2.21. The van der Waals surface area contributed by atoms with Crippen molar-refractivity contribution in [2.45, 2.75) is 6.92 Å². The minimum Gasteiger partial charge on any atom is -0.322 e. The highest BCUT2D eigenvalue weighted by Crippen LogP contribution is 2.26. The number of carbonyl (C=O) groups excluding carboxylic acids is 1. The van der Waals surface area contributed by atoms with Gasteiger partial charge in [0, 0.05) is 18.5 Å². The number of carbonyl (C=O) groups is 1. The van der Waals surface area contributed by atoms with Gasteiger partial charge in [-0.15, -0.1) is 0 Å². The number of hydrogen-bond acceptors (Lipinski definition) is 2. The van der Waals surface area contributed by atoms with Gasteiger partial charge in [0.2, 0.25) is 5.91 Å². The molecule has 94 valence electrons. The third kappa shape index (κ3) is 3.64. The Balaban J connectivity index is 2.85.